The average Bonchev–Trinajstić information content (AvgIpc) is 3.16. The SMILES string of the molecule is COc1cccc(C(=O)N(Cc2cccnc2)c2nc3c(F)cc(F)cc3s2)c1. The molecule has 29 heavy (non-hydrogen) atoms. The van der Waals surface area contributed by atoms with Crippen molar-refractivity contribution < 1.29 is 18.3 Å². The number of hydrogen-bond donors (Lipinski definition) is 0. The number of carbonyl (C=O) groups is 1. The van der Waals surface area contributed by atoms with Gasteiger partial charge in [-0.25, -0.2) is 13.8 Å². The van der Waals surface area contributed by atoms with Gasteiger partial charge in [0.05, 0.1) is 18.4 Å². The summed E-state index contributed by atoms with van der Waals surface area (Å²) < 4.78 is 33.3. The van der Waals surface area contributed by atoms with Gasteiger partial charge in [-0.05, 0) is 35.9 Å². The second kappa shape index (κ2) is 7.92. The molecule has 0 fully saturated rings. The van der Waals surface area contributed by atoms with E-state index in [0.29, 0.717) is 16.0 Å². The normalized spacial score (nSPS) is 10.9. The van der Waals surface area contributed by atoms with E-state index in [0.717, 1.165) is 23.0 Å². The molecule has 146 valence electrons. The van der Waals surface area contributed by atoms with Crippen molar-refractivity contribution in [1.29, 1.82) is 0 Å². The number of carbonyl (C=O) groups excluding carboxylic acids is 1. The fraction of sp³-hybridized carbons (Fsp3) is 0.0952. The number of pyridine rings is 1. The molecule has 0 saturated carbocycles. The lowest BCUT2D eigenvalue weighted by atomic mass is 10.1. The summed E-state index contributed by atoms with van der Waals surface area (Å²) in [6.07, 6.45) is 3.27. The van der Waals surface area contributed by atoms with Crippen molar-refractivity contribution in [2.45, 2.75) is 6.54 Å². The number of rotatable bonds is 5. The van der Waals surface area contributed by atoms with E-state index in [1.165, 1.54) is 18.1 Å². The van der Waals surface area contributed by atoms with Crippen LogP contribution < -0.4 is 9.64 Å². The topological polar surface area (TPSA) is 55.3 Å². The zero-order valence-corrected chi connectivity index (χ0v) is 16.1. The number of methoxy groups -OCH3 is 1. The molecular weight excluding hydrogens is 396 g/mol. The molecule has 0 spiro atoms. The van der Waals surface area contributed by atoms with E-state index in [9.17, 15) is 13.6 Å². The van der Waals surface area contributed by atoms with E-state index in [-0.39, 0.29) is 23.1 Å². The monoisotopic (exact) mass is 411 g/mol. The number of ether oxygens (including phenoxy) is 1. The van der Waals surface area contributed by atoms with Crippen LogP contribution in [0.5, 0.6) is 5.75 Å². The second-order valence-corrected chi connectivity index (χ2v) is 7.22. The number of benzene rings is 2. The first-order chi connectivity index (χ1) is 14.0. The molecule has 0 aliphatic rings. The van der Waals surface area contributed by atoms with Crippen LogP contribution in [-0.2, 0) is 6.54 Å². The lowest BCUT2D eigenvalue weighted by molar-refractivity contribution is 0.0984. The summed E-state index contributed by atoms with van der Waals surface area (Å²) in [7, 11) is 1.52. The maximum absolute atomic E-state index is 14.1. The molecule has 2 aromatic heterocycles. The van der Waals surface area contributed by atoms with Crippen molar-refractivity contribution in [2.24, 2.45) is 0 Å². The smallest absolute Gasteiger partial charge is 0.260 e. The number of thiazole rings is 1. The maximum Gasteiger partial charge on any atom is 0.260 e. The quantitative estimate of drug-likeness (QED) is 0.472. The van der Waals surface area contributed by atoms with Crippen LogP contribution >= 0.6 is 11.3 Å². The maximum atomic E-state index is 14.1. The minimum atomic E-state index is -0.766. The molecule has 4 aromatic rings. The van der Waals surface area contributed by atoms with Crippen LogP contribution in [0.25, 0.3) is 10.2 Å². The average molecular weight is 411 g/mol. The van der Waals surface area contributed by atoms with E-state index in [4.69, 9.17) is 4.74 Å². The van der Waals surface area contributed by atoms with Crippen molar-refractivity contribution in [3.05, 3.63) is 83.7 Å². The van der Waals surface area contributed by atoms with Gasteiger partial charge in [-0.3, -0.25) is 14.7 Å². The molecule has 0 aliphatic heterocycles. The van der Waals surface area contributed by atoms with Crippen LogP contribution in [-0.4, -0.2) is 23.0 Å². The fourth-order valence-corrected chi connectivity index (χ4v) is 3.88. The van der Waals surface area contributed by atoms with E-state index in [2.05, 4.69) is 9.97 Å². The number of aromatic nitrogens is 2. The standard InChI is InChI=1S/C21H15F2N3O2S/c1-28-16-6-2-5-14(8-16)20(27)26(12-13-4-3-7-24-11-13)21-25-19-17(23)9-15(22)10-18(19)29-21/h2-11H,12H2,1H3. The molecule has 5 nitrogen and oxygen atoms in total. The number of fused-ring (bicyclic) bond motifs is 1. The van der Waals surface area contributed by atoms with E-state index < -0.39 is 11.6 Å². The predicted octanol–water partition coefficient (Wildman–Crippen LogP) is 4.83. The van der Waals surface area contributed by atoms with Crippen LogP contribution in [0.15, 0.2) is 60.9 Å². The Bertz CT molecular complexity index is 1180. The number of hydrogen-bond acceptors (Lipinski definition) is 5. The van der Waals surface area contributed by atoms with Crippen molar-refractivity contribution in [2.75, 3.05) is 12.0 Å². The molecule has 4 rings (SSSR count). The number of halogens is 2. The minimum absolute atomic E-state index is 0.0287. The van der Waals surface area contributed by atoms with Gasteiger partial charge < -0.3 is 4.74 Å². The Hall–Kier alpha value is -3.39. The van der Waals surface area contributed by atoms with Crippen LogP contribution in [0.3, 0.4) is 0 Å². The number of nitrogens with zero attached hydrogens (tertiary/aromatic N) is 3. The van der Waals surface area contributed by atoms with Crippen LogP contribution in [0.2, 0.25) is 0 Å². The van der Waals surface area contributed by atoms with E-state index in [1.54, 1.807) is 42.7 Å². The van der Waals surface area contributed by atoms with Crippen molar-refractivity contribution in [3.8, 4) is 5.75 Å². The molecule has 0 saturated heterocycles. The van der Waals surface area contributed by atoms with Crippen LogP contribution in [0.4, 0.5) is 13.9 Å². The Kier molecular flexibility index (Phi) is 5.18. The summed E-state index contributed by atoms with van der Waals surface area (Å²) >= 11 is 1.05. The van der Waals surface area contributed by atoms with E-state index in [1.807, 2.05) is 6.07 Å². The summed E-state index contributed by atoms with van der Waals surface area (Å²) in [5.74, 6) is -1.26. The van der Waals surface area contributed by atoms with E-state index >= 15 is 0 Å². The highest BCUT2D eigenvalue weighted by Crippen LogP contribution is 2.33. The fourth-order valence-electron chi connectivity index (χ4n) is 2.87. The van der Waals surface area contributed by atoms with Crippen molar-refractivity contribution in [1.82, 2.24) is 9.97 Å². The second-order valence-electron chi connectivity index (χ2n) is 6.22. The molecule has 0 N–H and O–H groups in total. The third-order valence-electron chi connectivity index (χ3n) is 4.26. The molecular formula is C21H15F2N3O2S. The highest BCUT2D eigenvalue weighted by Gasteiger charge is 2.23. The summed E-state index contributed by atoms with van der Waals surface area (Å²) in [4.78, 5) is 23.1. The van der Waals surface area contributed by atoms with Crippen LogP contribution in [0.1, 0.15) is 15.9 Å². The van der Waals surface area contributed by atoms with Crippen LogP contribution in [0, 0.1) is 11.6 Å². The Balaban J connectivity index is 1.79. The Labute approximate surface area is 169 Å². The first-order valence-corrected chi connectivity index (χ1v) is 9.47. The summed E-state index contributed by atoms with van der Waals surface area (Å²) in [5.41, 5.74) is 1.19. The van der Waals surface area contributed by atoms with Gasteiger partial charge in [0.1, 0.15) is 17.1 Å². The zero-order chi connectivity index (χ0) is 20.4. The molecule has 0 bridgehead atoms. The molecule has 2 heterocycles. The van der Waals surface area contributed by atoms with Gasteiger partial charge in [-0.2, -0.15) is 0 Å². The minimum Gasteiger partial charge on any atom is -0.497 e. The third kappa shape index (κ3) is 3.93. The Morgan fingerprint density at radius 1 is 1.17 bits per heavy atom. The molecule has 1 amide bonds. The molecule has 8 heteroatoms. The highest BCUT2D eigenvalue weighted by molar-refractivity contribution is 7.22. The lowest BCUT2D eigenvalue weighted by Gasteiger charge is -2.20. The van der Waals surface area contributed by atoms with Gasteiger partial charge in [0.25, 0.3) is 5.91 Å². The summed E-state index contributed by atoms with van der Waals surface area (Å²) in [6.45, 7) is 0.174. The first-order valence-electron chi connectivity index (χ1n) is 8.65. The predicted molar refractivity (Wildman–Crippen MR) is 107 cm³/mol. The lowest BCUT2D eigenvalue weighted by Crippen LogP contribution is -2.30. The summed E-state index contributed by atoms with van der Waals surface area (Å²) in [5, 5.41) is 0.265. The van der Waals surface area contributed by atoms with Crippen molar-refractivity contribution >= 4 is 32.6 Å². The zero-order valence-electron chi connectivity index (χ0n) is 15.3. The molecule has 0 radical (unpaired) electrons. The Morgan fingerprint density at radius 3 is 2.79 bits per heavy atom. The molecule has 0 aliphatic carbocycles. The van der Waals surface area contributed by atoms with Gasteiger partial charge in [0.15, 0.2) is 10.9 Å². The third-order valence-corrected chi connectivity index (χ3v) is 5.28. The largest absolute Gasteiger partial charge is 0.497 e. The summed E-state index contributed by atoms with van der Waals surface area (Å²) in [6, 6.07) is 12.3. The number of anilines is 1. The first kappa shape index (κ1) is 18.9. The molecule has 2 aromatic carbocycles. The van der Waals surface area contributed by atoms with Gasteiger partial charge >= 0.3 is 0 Å². The van der Waals surface area contributed by atoms with Gasteiger partial charge in [-0.15, -0.1) is 0 Å². The van der Waals surface area contributed by atoms with Gasteiger partial charge in [0.2, 0.25) is 0 Å². The highest BCUT2D eigenvalue weighted by atomic mass is 32.1. The van der Waals surface area contributed by atoms with Gasteiger partial charge in [-0.1, -0.05) is 23.5 Å². The Morgan fingerprint density at radius 2 is 2.03 bits per heavy atom. The molecule has 0 unspecified atom stereocenters. The van der Waals surface area contributed by atoms with Gasteiger partial charge in [0, 0.05) is 24.0 Å². The molecule has 0 atom stereocenters. The van der Waals surface area contributed by atoms with Crippen molar-refractivity contribution in [3.63, 3.8) is 0 Å². The number of amides is 1.